The molecule has 7 nitrogen and oxygen atoms in total. The van der Waals surface area contributed by atoms with Crippen molar-refractivity contribution in [1.82, 2.24) is 30.2 Å². The molecule has 0 aliphatic carbocycles. The zero-order chi connectivity index (χ0) is 19.1. The number of aromatic nitrogens is 4. The maximum absolute atomic E-state index is 13.1. The summed E-state index contributed by atoms with van der Waals surface area (Å²) in [6.07, 6.45) is 5.11. The van der Waals surface area contributed by atoms with Gasteiger partial charge in [0.15, 0.2) is 5.69 Å². The van der Waals surface area contributed by atoms with Gasteiger partial charge in [0.25, 0.3) is 5.91 Å². The molecule has 3 aromatic rings. The van der Waals surface area contributed by atoms with E-state index >= 15 is 0 Å². The number of halogens is 2. The van der Waals surface area contributed by atoms with Crippen LogP contribution in [0.3, 0.4) is 0 Å². The number of likely N-dealkylation sites (tertiary alicyclic amines) is 1. The number of para-hydroxylation sites is 1. The van der Waals surface area contributed by atoms with Crippen LogP contribution in [-0.4, -0.2) is 57.0 Å². The second-order valence-corrected chi connectivity index (χ2v) is 8.01. The van der Waals surface area contributed by atoms with Gasteiger partial charge in [0.05, 0.1) is 16.9 Å². The summed E-state index contributed by atoms with van der Waals surface area (Å²) in [4.78, 5) is 19.5. The fourth-order valence-electron chi connectivity index (χ4n) is 4.57. The Morgan fingerprint density at radius 1 is 1.10 bits per heavy atom. The Balaban J connectivity index is 0.00000128. The fraction of sp³-hybridized carbons (Fsp3) is 0.429. The summed E-state index contributed by atoms with van der Waals surface area (Å²) in [5.41, 5.74) is 3.28. The highest BCUT2D eigenvalue weighted by atomic mass is 35.5. The van der Waals surface area contributed by atoms with Crippen molar-refractivity contribution in [2.24, 2.45) is 5.41 Å². The van der Waals surface area contributed by atoms with E-state index in [1.54, 1.807) is 10.9 Å². The van der Waals surface area contributed by atoms with Gasteiger partial charge in [-0.2, -0.15) is 0 Å². The molecule has 0 atom stereocenters. The molecule has 0 bridgehead atoms. The monoisotopic (exact) mass is 448 g/mol. The maximum Gasteiger partial charge on any atom is 0.276 e. The van der Waals surface area contributed by atoms with Crippen molar-refractivity contribution in [3.8, 4) is 5.69 Å². The number of nitrogens with zero attached hydrogens (tertiary/aromatic N) is 5. The average molecular weight is 449 g/mol. The van der Waals surface area contributed by atoms with Gasteiger partial charge in [-0.15, -0.1) is 29.9 Å². The van der Waals surface area contributed by atoms with Gasteiger partial charge >= 0.3 is 0 Å². The molecular formula is C21H26Cl2N6O. The van der Waals surface area contributed by atoms with Gasteiger partial charge in [-0.05, 0) is 50.3 Å². The number of nitrogens with one attached hydrogen (secondary N) is 1. The summed E-state index contributed by atoms with van der Waals surface area (Å²) in [5, 5.41) is 13.0. The molecule has 2 aromatic heterocycles. The van der Waals surface area contributed by atoms with Crippen LogP contribution < -0.4 is 5.32 Å². The van der Waals surface area contributed by atoms with Crippen molar-refractivity contribution in [2.75, 3.05) is 26.2 Å². The lowest BCUT2D eigenvalue weighted by Gasteiger charge is -2.38. The van der Waals surface area contributed by atoms with E-state index in [0.29, 0.717) is 11.1 Å². The standard InChI is InChI=1S/C21H24N6O.2ClH/c1-15-18(20(28)26-12-8-21(9-13-26)7-11-22-14-21)24-25-27(15)17-6-2-4-16-5-3-10-23-19(16)17;;/h2-6,10,22H,7-9,11-14H2,1H3;2*1H. The predicted molar refractivity (Wildman–Crippen MR) is 121 cm³/mol. The minimum Gasteiger partial charge on any atom is -0.337 e. The average Bonchev–Trinajstić information content (AvgIpc) is 3.34. The van der Waals surface area contributed by atoms with Gasteiger partial charge in [0.1, 0.15) is 0 Å². The smallest absolute Gasteiger partial charge is 0.276 e. The van der Waals surface area contributed by atoms with Crippen molar-refractivity contribution in [2.45, 2.75) is 26.2 Å². The van der Waals surface area contributed by atoms with Crippen molar-refractivity contribution >= 4 is 41.6 Å². The highest BCUT2D eigenvalue weighted by Gasteiger charge is 2.38. The normalized spacial score (nSPS) is 17.6. The van der Waals surface area contributed by atoms with E-state index in [0.717, 1.165) is 61.3 Å². The second-order valence-electron chi connectivity index (χ2n) is 8.01. The Kier molecular flexibility index (Phi) is 6.65. The van der Waals surface area contributed by atoms with Crippen LogP contribution in [0.1, 0.15) is 35.4 Å². The molecule has 1 N–H and O–H groups in total. The number of carbonyl (C=O) groups excluding carboxylic acids is 1. The number of hydrogen-bond acceptors (Lipinski definition) is 5. The predicted octanol–water partition coefficient (Wildman–Crippen LogP) is 3.18. The summed E-state index contributed by atoms with van der Waals surface area (Å²) < 4.78 is 1.73. The Morgan fingerprint density at radius 2 is 1.87 bits per heavy atom. The van der Waals surface area contributed by atoms with Crippen LogP contribution in [0.15, 0.2) is 36.5 Å². The fourth-order valence-corrected chi connectivity index (χ4v) is 4.57. The highest BCUT2D eigenvalue weighted by molar-refractivity contribution is 5.94. The number of hydrogen-bond donors (Lipinski definition) is 1. The molecule has 2 aliphatic heterocycles. The van der Waals surface area contributed by atoms with Crippen LogP contribution >= 0.6 is 24.8 Å². The molecule has 160 valence electrons. The first-order chi connectivity index (χ1) is 13.7. The van der Waals surface area contributed by atoms with E-state index in [4.69, 9.17) is 0 Å². The molecule has 4 heterocycles. The first-order valence-electron chi connectivity index (χ1n) is 9.93. The van der Waals surface area contributed by atoms with Gasteiger partial charge in [-0.1, -0.05) is 23.4 Å². The van der Waals surface area contributed by atoms with E-state index in [1.807, 2.05) is 42.2 Å². The third-order valence-electron chi connectivity index (χ3n) is 6.38. The molecular weight excluding hydrogens is 423 g/mol. The third-order valence-corrected chi connectivity index (χ3v) is 6.38. The maximum atomic E-state index is 13.1. The Bertz CT molecular complexity index is 1030. The molecule has 1 spiro atoms. The molecule has 9 heteroatoms. The van der Waals surface area contributed by atoms with Gasteiger partial charge < -0.3 is 10.2 Å². The highest BCUT2D eigenvalue weighted by Crippen LogP contribution is 2.37. The molecule has 1 aromatic carbocycles. The van der Waals surface area contributed by atoms with Crippen LogP contribution in [0.4, 0.5) is 0 Å². The summed E-state index contributed by atoms with van der Waals surface area (Å²) >= 11 is 0. The quantitative estimate of drug-likeness (QED) is 0.651. The van der Waals surface area contributed by atoms with E-state index in [9.17, 15) is 4.79 Å². The van der Waals surface area contributed by atoms with Gasteiger partial charge in [0, 0.05) is 31.2 Å². The zero-order valence-corrected chi connectivity index (χ0v) is 18.5. The summed E-state index contributed by atoms with van der Waals surface area (Å²) in [5.74, 6) is -0.0160. The summed E-state index contributed by atoms with van der Waals surface area (Å²) in [7, 11) is 0. The topological polar surface area (TPSA) is 75.9 Å². The molecule has 2 aliphatic rings. The van der Waals surface area contributed by atoms with Crippen molar-refractivity contribution in [3.63, 3.8) is 0 Å². The zero-order valence-electron chi connectivity index (χ0n) is 16.9. The van der Waals surface area contributed by atoms with Crippen molar-refractivity contribution in [3.05, 3.63) is 47.9 Å². The molecule has 1 amide bonds. The van der Waals surface area contributed by atoms with Crippen LogP contribution in [-0.2, 0) is 0 Å². The van der Waals surface area contributed by atoms with E-state index < -0.39 is 0 Å². The number of benzene rings is 1. The lowest BCUT2D eigenvalue weighted by Crippen LogP contribution is -2.44. The minimum absolute atomic E-state index is 0. The Morgan fingerprint density at radius 3 is 2.60 bits per heavy atom. The first-order valence-corrected chi connectivity index (χ1v) is 9.93. The van der Waals surface area contributed by atoms with Crippen molar-refractivity contribution in [1.29, 1.82) is 0 Å². The number of pyridine rings is 1. The first kappa shape index (κ1) is 22.5. The molecule has 2 saturated heterocycles. The number of carbonyl (C=O) groups is 1. The second kappa shape index (κ2) is 8.88. The molecule has 0 saturated carbocycles. The number of amides is 1. The lowest BCUT2D eigenvalue weighted by atomic mass is 9.78. The van der Waals surface area contributed by atoms with E-state index in [-0.39, 0.29) is 30.7 Å². The van der Waals surface area contributed by atoms with Crippen LogP contribution in [0.5, 0.6) is 0 Å². The third kappa shape index (κ3) is 3.77. The number of rotatable bonds is 2. The molecule has 0 radical (unpaired) electrons. The van der Waals surface area contributed by atoms with Crippen LogP contribution in [0.25, 0.3) is 16.6 Å². The Hall–Kier alpha value is -2.22. The Labute approximate surface area is 188 Å². The molecule has 30 heavy (non-hydrogen) atoms. The summed E-state index contributed by atoms with van der Waals surface area (Å²) in [6, 6.07) is 9.89. The SMILES string of the molecule is Cc1c(C(=O)N2CCC3(CCNC3)CC2)nnn1-c1cccc2cccnc12.Cl.Cl. The minimum atomic E-state index is -0.0160. The summed E-state index contributed by atoms with van der Waals surface area (Å²) in [6.45, 7) is 5.67. The van der Waals surface area contributed by atoms with Gasteiger partial charge in [-0.3, -0.25) is 9.78 Å². The molecule has 2 fully saturated rings. The molecule has 0 unspecified atom stereocenters. The molecule has 5 rings (SSSR count). The van der Waals surface area contributed by atoms with Crippen LogP contribution in [0, 0.1) is 12.3 Å². The van der Waals surface area contributed by atoms with E-state index in [2.05, 4.69) is 20.6 Å². The van der Waals surface area contributed by atoms with Gasteiger partial charge in [0.2, 0.25) is 0 Å². The van der Waals surface area contributed by atoms with E-state index in [1.165, 1.54) is 6.42 Å². The van der Waals surface area contributed by atoms with Gasteiger partial charge in [-0.25, -0.2) is 4.68 Å². The largest absolute Gasteiger partial charge is 0.337 e. The number of fused-ring (bicyclic) bond motifs is 1. The lowest BCUT2D eigenvalue weighted by molar-refractivity contribution is 0.0601. The van der Waals surface area contributed by atoms with Crippen molar-refractivity contribution < 1.29 is 4.79 Å². The van der Waals surface area contributed by atoms with Crippen LogP contribution in [0.2, 0.25) is 0 Å². The number of piperidine rings is 1.